The minimum Gasteiger partial charge on any atom is -0.478 e. The number of aryl methyl sites for hydroxylation is 1. The molecule has 31 heavy (non-hydrogen) atoms. The average Bonchev–Trinajstić information content (AvgIpc) is 3.26. The number of carbonyl (C=O) groups excluding carboxylic acids is 1. The molecule has 0 fully saturated rings. The van der Waals surface area contributed by atoms with E-state index in [1.54, 1.807) is 23.7 Å². The van der Waals surface area contributed by atoms with Gasteiger partial charge in [0.1, 0.15) is 10.3 Å². The third-order valence-corrected chi connectivity index (χ3v) is 4.99. The molecule has 162 valence electrons. The molecule has 1 aromatic carbocycles. The topological polar surface area (TPSA) is 129 Å². The number of nitro groups is 1. The fraction of sp³-hybridized carbons (Fsp3) is 0.250. The molecule has 11 heteroatoms. The van der Waals surface area contributed by atoms with Crippen molar-refractivity contribution in [3.63, 3.8) is 0 Å². The van der Waals surface area contributed by atoms with Gasteiger partial charge in [-0.25, -0.2) is 9.59 Å². The number of esters is 1. The largest absolute Gasteiger partial charge is 0.478 e. The van der Waals surface area contributed by atoms with Crippen LogP contribution in [0.1, 0.15) is 44.6 Å². The van der Waals surface area contributed by atoms with Gasteiger partial charge in [-0.1, -0.05) is 12.1 Å². The fourth-order valence-electron chi connectivity index (χ4n) is 3.13. The van der Waals surface area contributed by atoms with E-state index >= 15 is 0 Å². The zero-order valence-electron chi connectivity index (χ0n) is 16.7. The predicted octanol–water partition coefficient (Wildman–Crippen LogP) is 3.64. The lowest BCUT2D eigenvalue weighted by Crippen LogP contribution is -2.13. The van der Waals surface area contributed by atoms with Crippen LogP contribution in [0.2, 0.25) is 0 Å². The average molecular weight is 491 g/mol. The minimum absolute atomic E-state index is 0.00893. The number of rotatable bonds is 8. The zero-order valence-corrected chi connectivity index (χ0v) is 18.3. The molecule has 0 radical (unpaired) electrons. The van der Waals surface area contributed by atoms with Gasteiger partial charge in [-0.3, -0.25) is 14.8 Å². The Morgan fingerprint density at radius 3 is 2.58 bits per heavy atom. The van der Waals surface area contributed by atoms with Gasteiger partial charge in [0.2, 0.25) is 0 Å². The molecule has 10 nitrogen and oxygen atoms in total. The highest BCUT2D eigenvalue weighted by atomic mass is 79.9. The van der Waals surface area contributed by atoms with Crippen LogP contribution in [0, 0.1) is 17.0 Å². The zero-order chi connectivity index (χ0) is 22.7. The minimum atomic E-state index is -1.21. The van der Waals surface area contributed by atoms with E-state index in [1.807, 2.05) is 13.0 Å². The third-order valence-electron chi connectivity index (χ3n) is 4.60. The predicted molar refractivity (Wildman–Crippen MR) is 113 cm³/mol. The first kappa shape index (κ1) is 22.2. The second kappa shape index (κ2) is 9.13. The van der Waals surface area contributed by atoms with Crippen molar-refractivity contribution in [1.82, 2.24) is 14.3 Å². The Labute approximate surface area is 185 Å². The van der Waals surface area contributed by atoms with Gasteiger partial charge in [-0.05, 0) is 47.5 Å². The molecule has 1 N–H and O–H groups in total. The summed E-state index contributed by atoms with van der Waals surface area (Å²) in [6.45, 7) is 3.91. The van der Waals surface area contributed by atoms with Crippen molar-refractivity contribution in [2.75, 3.05) is 6.61 Å². The molecule has 2 aromatic heterocycles. The van der Waals surface area contributed by atoms with E-state index in [0.29, 0.717) is 22.3 Å². The summed E-state index contributed by atoms with van der Waals surface area (Å²) in [5.41, 5.74) is 1.66. The molecule has 0 unspecified atom stereocenters. The summed E-state index contributed by atoms with van der Waals surface area (Å²) in [5.74, 6) is -1.91. The molecule has 0 atom stereocenters. The van der Waals surface area contributed by atoms with Crippen LogP contribution >= 0.6 is 15.9 Å². The van der Waals surface area contributed by atoms with E-state index in [4.69, 9.17) is 4.74 Å². The van der Waals surface area contributed by atoms with Crippen LogP contribution in [0.25, 0.3) is 0 Å². The van der Waals surface area contributed by atoms with E-state index in [9.17, 15) is 24.8 Å². The van der Waals surface area contributed by atoms with Crippen molar-refractivity contribution in [2.24, 2.45) is 0 Å². The first-order valence-corrected chi connectivity index (χ1v) is 10.1. The van der Waals surface area contributed by atoms with Gasteiger partial charge in [0.05, 0.1) is 30.2 Å². The van der Waals surface area contributed by atoms with Crippen LogP contribution in [-0.4, -0.2) is 42.9 Å². The first-order valence-electron chi connectivity index (χ1n) is 9.26. The number of aromatic nitrogens is 3. The van der Waals surface area contributed by atoms with Crippen LogP contribution in [0.3, 0.4) is 0 Å². The lowest BCUT2D eigenvalue weighted by molar-refractivity contribution is -0.385. The summed E-state index contributed by atoms with van der Waals surface area (Å²) in [7, 11) is 0. The highest BCUT2D eigenvalue weighted by molar-refractivity contribution is 9.10. The third kappa shape index (κ3) is 5.00. The Morgan fingerprint density at radius 1 is 1.26 bits per heavy atom. The van der Waals surface area contributed by atoms with Gasteiger partial charge in [0, 0.05) is 23.5 Å². The molecule has 0 aliphatic rings. The summed E-state index contributed by atoms with van der Waals surface area (Å²) in [4.78, 5) is 34.8. The number of hydrogen-bond acceptors (Lipinski definition) is 6. The molecule has 0 saturated carbocycles. The van der Waals surface area contributed by atoms with Gasteiger partial charge in [-0.2, -0.15) is 5.10 Å². The number of carbonyl (C=O) groups is 2. The molecule has 3 aromatic rings. The molecule has 0 spiro atoms. The Hall–Kier alpha value is -3.47. The number of halogens is 1. The van der Waals surface area contributed by atoms with Crippen LogP contribution in [0.5, 0.6) is 0 Å². The lowest BCUT2D eigenvalue weighted by atomic mass is 10.1. The lowest BCUT2D eigenvalue weighted by Gasteiger charge is -2.11. The Balaban J connectivity index is 1.96. The van der Waals surface area contributed by atoms with E-state index in [1.165, 1.54) is 22.9 Å². The summed E-state index contributed by atoms with van der Waals surface area (Å²) < 4.78 is 8.71. The normalized spacial score (nSPS) is 10.8. The monoisotopic (exact) mass is 490 g/mol. The number of aromatic carboxylic acids is 1. The maximum atomic E-state index is 12.2. The molecular weight excluding hydrogens is 472 g/mol. The summed E-state index contributed by atoms with van der Waals surface area (Å²) >= 11 is 3.30. The van der Waals surface area contributed by atoms with Crippen molar-refractivity contribution >= 4 is 33.6 Å². The number of nitro benzene ring substituents is 1. The number of benzene rings is 1. The van der Waals surface area contributed by atoms with E-state index < -0.39 is 16.9 Å². The molecule has 2 heterocycles. The number of nitrogens with zero attached hydrogens (tertiary/aromatic N) is 4. The van der Waals surface area contributed by atoms with Gasteiger partial charge in [0.25, 0.3) is 5.69 Å². The van der Waals surface area contributed by atoms with Gasteiger partial charge in [-0.15, -0.1) is 0 Å². The number of carboxylic acid groups (broad SMARTS) is 1. The van der Waals surface area contributed by atoms with Crippen molar-refractivity contribution in [3.05, 3.63) is 79.3 Å². The molecular formula is C20H19BrN4O6. The van der Waals surface area contributed by atoms with Crippen LogP contribution in [0.15, 0.2) is 41.1 Å². The second-order valence-electron chi connectivity index (χ2n) is 6.75. The Morgan fingerprint density at radius 2 is 2.00 bits per heavy atom. The van der Waals surface area contributed by atoms with Crippen molar-refractivity contribution in [1.29, 1.82) is 0 Å². The fourth-order valence-corrected chi connectivity index (χ4v) is 3.65. The van der Waals surface area contributed by atoms with Gasteiger partial charge < -0.3 is 14.4 Å². The SMILES string of the molecule is CCOC(=O)c1cc(C(=O)O)cn1Cc1ccc(Cn2nc(Br)cc2C)cc1[N+](=O)[O-]. The summed E-state index contributed by atoms with van der Waals surface area (Å²) in [6, 6.07) is 7.82. The van der Waals surface area contributed by atoms with Crippen LogP contribution < -0.4 is 0 Å². The van der Waals surface area contributed by atoms with Crippen molar-refractivity contribution in [3.8, 4) is 0 Å². The van der Waals surface area contributed by atoms with Crippen LogP contribution in [0.4, 0.5) is 5.69 Å². The molecule has 0 aliphatic carbocycles. The van der Waals surface area contributed by atoms with E-state index in [0.717, 1.165) is 5.69 Å². The molecule has 0 bridgehead atoms. The molecule has 0 aliphatic heterocycles. The van der Waals surface area contributed by atoms with E-state index in [2.05, 4.69) is 21.0 Å². The Bertz CT molecular complexity index is 1170. The highest BCUT2D eigenvalue weighted by Crippen LogP contribution is 2.24. The first-order chi connectivity index (χ1) is 14.7. The number of carboxylic acids is 1. The molecule has 3 rings (SSSR count). The second-order valence-corrected chi connectivity index (χ2v) is 7.57. The molecule has 0 saturated heterocycles. The van der Waals surface area contributed by atoms with Gasteiger partial charge in [0.15, 0.2) is 0 Å². The highest BCUT2D eigenvalue weighted by Gasteiger charge is 2.21. The quantitative estimate of drug-likeness (QED) is 0.289. The van der Waals surface area contributed by atoms with Gasteiger partial charge >= 0.3 is 11.9 Å². The summed E-state index contributed by atoms with van der Waals surface area (Å²) in [6.07, 6.45) is 1.26. The number of ether oxygens (including phenoxy) is 1. The molecule has 0 amide bonds. The van der Waals surface area contributed by atoms with Crippen LogP contribution in [-0.2, 0) is 17.8 Å². The number of hydrogen-bond donors (Lipinski definition) is 1. The maximum Gasteiger partial charge on any atom is 0.354 e. The van der Waals surface area contributed by atoms with Crippen molar-refractivity contribution in [2.45, 2.75) is 26.9 Å². The maximum absolute atomic E-state index is 12.2. The summed E-state index contributed by atoms with van der Waals surface area (Å²) in [5, 5.41) is 25.3. The Kier molecular flexibility index (Phi) is 6.54. The standard InChI is InChI=1S/C20H19BrN4O6/c1-3-31-20(28)17-8-15(19(26)27)11-23(17)10-14-5-4-13(7-16(14)25(29)30)9-24-12(2)6-18(21)22-24/h4-8,11H,3,9-10H2,1-2H3,(H,26,27). The smallest absolute Gasteiger partial charge is 0.354 e. The van der Waals surface area contributed by atoms with Crippen molar-refractivity contribution < 1.29 is 24.4 Å². The van der Waals surface area contributed by atoms with E-state index in [-0.39, 0.29) is 30.1 Å².